The van der Waals surface area contributed by atoms with Crippen molar-refractivity contribution in [1.82, 2.24) is 0 Å². The Morgan fingerprint density at radius 2 is 0.963 bits per heavy atom. The zero-order valence-electron chi connectivity index (χ0n) is 30.9. The molecule has 1 heterocycles. The highest BCUT2D eigenvalue weighted by molar-refractivity contribution is 14.1. The molecule has 5 aromatic carbocycles. The van der Waals surface area contributed by atoms with Gasteiger partial charge in [-0.2, -0.15) is 0 Å². The molecule has 1 fully saturated rings. The van der Waals surface area contributed by atoms with Gasteiger partial charge in [0.2, 0.25) is 0 Å². The normalized spacial score (nSPS) is 21.0. The van der Waals surface area contributed by atoms with Crippen LogP contribution in [0.3, 0.4) is 0 Å². The molecule has 54 heavy (non-hydrogen) atoms. The summed E-state index contributed by atoms with van der Waals surface area (Å²) in [6.45, 7) is 4.36. The van der Waals surface area contributed by atoms with Crippen molar-refractivity contribution in [2.24, 2.45) is 0 Å². The van der Waals surface area contributed by atoms with Gasteiger partial charge in [0.1, 0.15) is 24.4 Å². The van der Waals surface area contributed by atoms with Crippen molar-refractivity contribution in [2.45, 2.75) is 87.1 Å². The molecule has 0 radical (unpaired) electrons. The minimum absolute atomic E-state index is 0.0150. The molecule has 5 aromatic rings. The lowest BCUT2D eigenvalue weighted by molar-refractivity contribution is -0.355. The van der Waals surface area contributed by atoms with Crippen LogP contribution in [0.25, 0.3) is 0 Å². The predicted octanol–water partition coefficient (Wildman–Crippen LogP) is 9.50. The smallest absolute Gasteiger partial charge is 0.190 e. The van der Waals surface area contributed by atoms with Gasteiger partial charge < -0.3 is 33.2 Å². The van der Waals surface area contributed by atoms with Crippen molar-refractivity contribution >= 4 is 22.6 Å². The number of halogens is 1. The van der Waals surface area contributed by atoms with Crippen molar-refractivity contribution < 1.29 is 33.2 Å². The number of ether oxygens (including phenoxy) is 7. The highest BCUT2D eigenvalue weighted by Gasteiger charge is 2.50. The maximum absolute atomic E-state index is 6.90. The molecule has 0 bridgehead atoms. The topological polar surface area (TPSA) is 64.6 Å². The van der Waals surface area contributed by atoms with E-state index < -0.39 is 37.0 Å². The molecule has 1 aliphatic heterocycles. The monoisotopic (exact) mass is 842 g/mol. The van der Waals surface area contributed by atoms with Crippen LogP contribution in [-0.4, -0.2) is 54.1 Å². The summed E-state index contributed by atoms with van der Waals surface area (Å²) < 4.78 is 47.0. The maximum atomic E-state index is 6.90. The Balaban J connectivity index is 1.27. The van der Waals surface area contributed by atoms with E-state index in [1.54, 1.807) is 0 Å². The summed E-state index contributed by atoms with van der Waals surface area (Å²) in [5, 5.41) is 0. The Morgan fingerprint density at radius 3 is 1.44 bits per heavy atom. The summed E-state index contributed by atoms with van der Waals surface area (Å²) in [6, 6.07) is 51.0. The molecular formula is C46H51IO7. The van der Waals surface area contributed by atoms with Crippen LogP contribution in [0, 0.1) is 0 Å². The largest absolute Gasteiger partial charge is 0.374 e. The van der Waals surface area contributed by atoms with Gasteiger partial charge in [-0.25, -0.2) is 0 Å². The molecule has 6 rings (SSSR count). The molecule has 8 heteroatoms. The quantitative estimate of drug-likeness (QED) is 0.0316. The summed E-state index contributed by atoms with van der Waals surface area (Å²) in [6.07, 6.45) is -1.95. The van der Waals surface area contributed by atoms with Gasteiger partial charge in [0.15, 0.2) is 12.6 Å². The summed E-state index contributed by atoms with van der Waals surface area (Å²) in [4.78, 5) is 0. The molecule has 0 amide bonds. The van der Waals surface area contributed by atoms with Gasteiger partial charge in [-0.3, -0.25) is 0 Å². The van der Waals surface area contributed by atoms with Gasteiger partial charge in [0, 0.05) is 0 Å². The third-order valence-corrected chi connectivity index (χ3v) is 9.81. The molecule has 0 aliphatic carbocycles. The van der Waals surface area contributed by atoms with Crippen molar-refractivity contribution in [3.05, 3.63) is 179 Å². The van der Waals surface area contributed by atoms with E-state index in [1.807, 2.05) is 78.9 Å². The average Bonchev–Trinajstić information content (AvgIpc) is 3.22. The minimum Gasteiger partial charge on any atom is -0.374 e. The first-order chi connectivity index (χ1) is 26.6. The second-order valence-electron chi connectivity index (χ2n) is 13.5. The van der Waals surface area contributed by atoms with Crippen molar-refractivity contribution in [2.75, 3.05) is 13.2 Å². The maximum Gasteiger partial charge on any atom is 0.190 e. The third kappa shape index (κ3) is 12.8. The molecule has 1 aliphatic rings. The van der Waals surface area contributed by atoms with Crippen LogP contribution in [0.5, 0.6) is 0 Å². The highest BCUT2D eigenvalue weighted by Crippen LogP contribution is 2.33. The first kappa shape index (κ1) is 40.2. The van der Waals surface area contributed by atoms with E-state index in [1.165, 1.54) is 5.56 Å². The predicted molar refractivity (Wildman–Crippen MR) is 219 cm³/mol. The van der Waals surface area contributed by atoms with E-state index in [0.717, 1.165) is 35.1 Å². The van der Waals surface area contributed by atoms with Gasteiger partial charge in [0.25, 0.3) is 0 Å². The zero-order chi connectivity index (χ0) is 37.2. The van der Waals surface area contributed by atoms with E-state index in [9.17, 15) is 0 Å². The number of aryl methyl sites for hydroxylation is 1. The Bertz CT molecular complexity index is 1710. The first-order valence-corrected chi connectivity index (χ1v) is 20.1. The molecule has 7 nitrogen and oxygen atoms in total. The van der Waals surface area contributed by atoms with Crippen molar-refractivity contribution in [3.63, 3.8) is 0 Å². The second kappa shape index (κ2) is 22.2. The number of hydrogen-bond donors (Lipinski definition) is 0. The number of hydrogen-bond acceptors (Lipinski definition) is 7. The van der Waals surface area contributed by atoms with Crippen LogP contribution < -0.4 is 0 Å². The average molecular weight is 843 g/mol. The molecule has 0 spiro atoms. The lowest BCUT2D eigenvalue weighted by Crippen LogP contribution is -2.62. The van der Waals surface area contributed by atoms with Crippen molar-refractivity contribution in [3.8, 4) is 0 Å². The standard InChI is InChI=1S/C46H51IO7/c1-35(47)45(49-29-17-28-36-18-7-2-8-19-36)54-46-44(52-33-40-26-15-6-16-27-40)43(51-32-39-24-13-5-14-25-39)42(50-31-38-22-11-4-12-23-38)41(53-46)34-48-30-37-20-9-3-10-21-37/h2-16,18-27,35,41-46H,17,28-34H2,1H3/t35?,41-,42-,43+,44+,45?,46-/m1/s1. The van der Waals surface area contributed by atoms with Crippen LogP contribution in [0.15, 0.2) is 152 Å². The Kier molecular flexibility index (Phi) is 16.5. The molecule has 2 unspecified atom stereocenters. The summed E-state index contributed by atoms with van der Waals surface area (Å²) in [5.41, 5.74) is 5.48. The molecule has 284 valence electrons. The lowest BCUT2D eigenvalue weighted by atomic mass is 9.97. The number of alkyl halides is 1. The Hall–Kier alpha value is -3.45. The third-order valence-electron chi connectivity index (χ3n) is 9.22. The fourth-order valence-electron chi connectivity index (χ4n) is 6.39. The molecule has 1 saturated heterocycles. The van der Waals surface area contributed by atoms with Gasteiger partial charge in [-0.05, 0) is 47.6 Å². The fraction of sp³-hybridized carbons (Fsp3) is 0.348. The van der Waals surface area contributed by atoms with Gasteiger partial charge in [-0.1, -0.05) is 174 Å². The Morgan fingerprint density at radius 1 is 0.537 bits per heavy atom. The van der Waals surface area contributed by atoms with Gasteiger partial charge in [-0.15, -0.1) is 0 Å². The van der Waals surface area contributed by atoms with Gasteiger partial charge in [0.05, 0.1) is 43.6 Å². The lowest BCUT2D eigenvalue weighted by Gasteiger charge is -2.46. The molecule has 0 N–H and O–H groups in total. The summed E-state index contributed by atoms with van der Waals surface area (Å²) in [5.74, 6) is 0. The van der Waals surface area contributed by atoms with Crippen molar-refractivity contribution in [1.29, 1.82) is 0 Å². The van der Waals surface area contributed by atoms with E-state index >= 15 is 0 Å². The van der Waals surface area contributed by atoms with Crippen LogP contribution in [-0.2, 0) is 66.0 Å². The minimum atomic E-state index is -0.840. The fourth-order valence-corrected chi connectivity index (χ4v) is 6.77. The first-order valence-electron chi connectivity index (χ1n) is 18.8. The molecule has 7 atom stereocenters. The van der Waals surface area contributed by atoms with Gasteiger partial charge >= 0.3 is 0 Å². The van der Waals surface area contributed by atoms with Crippen LogP contribution >= 0.6 is 22.6 Å². The van der Waals surface area contributed by atoms with Crippen LogP contribution in [0.2, 0.25) is 0 Å². The second-order valence-corrected chi connectivity index (χ2v) is 15.4. The number of benzene rings is 5. The van der Waals surface area contributed by atoms with E-state index in [2.05, 4.69) is 102 Å². The van der Waals surface area contributed by atoms with E-state index in [0.29, 0.717) is 33.0 Å². The molecular weight excluding hydrogens is 791 g/mol. The molecule has 0 aromatic heterocycles. The van der Waals surface area contributed by atoms with E-state index in [4.69, 9.17) is 33.2 Å². The van der Waals surface area contributed by atoms with Crippen LogP contribution in [0.4, 0.5) is 0 Å². The SMILES string of the molecule is CC(I)C(OCCCc1ccccc1)O[C@H]1O[C@H](COCc2ccccc2)[C@@H](OCc2ccccc2)[C@H](OCc2ccccc2)[C@@H]1OCc1ccccc1. The van der Waals surface area contributed by atoms with Crippen LogP contribution in [0.1, 0.15) is 41.2 Å². The summed E-state index contributed by atoms with van der Waals surface area (Å²) in [7, 11) is 0. The van der Waals surface area contributed by atoms with E-state index in [-0.39, 0.29) is 10.5 Å². The summed E-state index contributed by atoms with van der Waals surface area (Å²) >= 11 is 2.36. The molecule has 0 saturated carbocycles. The zero-order valence-corrected chi connectivity index (χ0v) is 33.0. The Labute approximate surface area is 334 Å². The number of rotatable bonds is 21. The highest BCUT2D eigenvalue weighted by atomic mass is 127.